The summed E-state index contributed by atoms with van der Waals surface area (Å²) in [6.45, 7) is 2.87. The summed E-state index contributed by atoms with van der Waals surface area (Å²) >= 11 is 0. The SMILES string of the molecule is Cc1ccccc1C(=O)N1CCCC1C(=O)NCc1ccco1. The normalized spacial score (nSPS) is 17.3. The van der Waals surface area contributed by atoms with E-state index < -0.39 is 6.04 Å². The fourth-order valence-electron chi connectivity index (χ4n) is 2.96. The number of carbonyl (C=O) groups is 2. The maximum Gasteiger partial charge on any atom is 0.254 e. The molecule has 3 rings (SSSR count). The molecule has 2 amide bonds. The highest BCUT2D eigenvalue weighted by molar-refractivity contribution is 5.99. The summed E-state index contributed by atoms with van der Waals surface area (Å²) in [4.78, 5) is 26.8. The highest BCUT2D eigenvalue weighted by atomic mass is 16.3. The van der Waals surface area contributed by atoms with Crippen LogP contribution >= 0.6 is 0 Å². The largest absolute Gasteiger partial charge is 0.467 e. The summed E-state index contributed by atoms with van der Waals surface area (Å²) in [6, 6.07) is 10.7. The van der Waals surface area contributed by atoms with Gasteiger partial charge in [-0.2, -0.15) is 0 Å². The lowest BCUT2D eigenvalue weighted by Gasteiger charge is -2.24. The first kappa shape index (κ1) is 15.3. The van der Waals surface area contributed by atoms with Crippen molar-refractivity contribution in [3.8, 4) is 0 Å². The minimum absolute atomic E-state index is 0.0706. The second kappa shape index (κ2) is 6.69. The van der Waals surface area contributed by atoms with Gasteiger partial charge in [-0.3, -0.25) is 9.59 Å². The number of carbonyl (C=O) groups excluding carboxylic acids is 2. The van der Waals surface area contributed by atoms with Crippen LogP contribution in [-0.4, -0.2) is 29.3 Å². The number of nitrogens with zero attached hydrogens (tertiary/aromatic N) is 1. The number of hydrogen-bond acceptors (Lipinski definition) is 3. The fourth-order valence-corrected chi connectivity index (χ4v) is 2.96. The van der Waals surface area contributed by atoms with Gasteiger partial charge in [-0.05, 0) is 43.5 Å². The molecule has 2 heterocycles. The Morgan fingerprint density at radius 1 is 1.26 bits per heavy atom. The molecule has 0 radical (unpaired) electrons. The van der Waals surface area contributed by atoms with Gasteiger partial charge in [-0.15, -0.1) is 0 Å². The quantitative estimate of drug-likeness (QED) is 0.943. The molecule has 1 fully saturated rings. The van der Waals surface area contributed by atoms with Crippen molar-refractivity contribution >= 4 is 11.8 Å². The van der Waals surface area contributed by atoms with Crippen molar-refractivity contribution in [3.05, 3.63) is 59.5 Å². The molecule has 1 saturated heterocycles. The molecule has 1 aliphatic heterocycles. The highest BCUT2D eigenvalue weighted by Gasteiger charge is 2.34. The Hall–Kier alpha value is -2.56. The molecule has 0 saturated carbocycles. The van der Waals surface area contributed by atoms with E-state index in [9.17, 15) is 9.59 Å². The first-order valence-corrected chi connectivity index (χ1v) is 7.83. The Kier molecular flexibility index (Phi) is 4.46. The molecule has 5 heteroatoms. The first-order chi connectivity index (χ1) is 11.2. The molecular weight excluding hydrogens is 292 g/mol. The minimum Gasteiger partial charge on any atom is -0.467 e. The average molecular weight is 312 g/mol. The molecule has 1 aliphatic rings. The van der Waals surface area contributed by atoms with Crippen molar-refractivity contribution in [2.45, 2.75) is 32.4 Å². The molecule has 2 aromatic rings. The number of hydrogen-bond donors (Lipinski definition) is 1. The number of aryl methyl sites for hydroxylation is 1. The van der Waals surface area contributed by atoms with Crippen LogP contribution in [0, 0.1) is 6.92 Å². The zero-order valence-electron chi connectivity index (χ0n) is 13.1. The number of likely N-dealkylation sites (tertiary alicyclic amines) is 1. The monoisotopic (exact) mass is 312 g/mol. The van der Waals surface area contributed by atoms with Crippen LogP contribution in [0.4, 0.5) is 0 Å². The Morgan fingerprint density at radius 2 is 2.09 bits per heavy atom. The molecule has 120 valence electrons. The van der Waals surface area contributed by atoms with Crippen molar-refractivity contribution < 1.29 is 14.0 Å². The minimum atomic E-state index is -0.405. The molecule has 1 aromatic heterocycles. The van der Waals surface area contributed by atoms with Gasteiger partial charge in [0.05, 0.1) is 12.8 Å². The van der Waals surface area contributed by atoms with E-state index in [0.717, 1.165) is 12.0 Å². The predicted octanol–water partition coefficient (Wildman–Crippen LogP) is 2.51. The van der Waals surface area contributed by atoms with Gasteiger partial charge in [0.15, 0.2) is 0 Å². The van der Waals surface area contributed by atoms with Crippen LogP contribution < -0.4 is 5.32 Å². The highest BCUT2D eigenvalue weighted by Crippen LogP contribution is 2.21. The third-order valence-electron chi connectivity index (χ3n) is 4.21. The van der Waals surface area contributed by atoms with Crippen LogP contribution in [0.15, 0.2) is 47.1 Å². The van der Waals surface area contributed by atoms with Crippen molar-refractivity contribution in [1.82, 2.24) is 10.2 Å². The summed E-state index contributed by atoms with van der Waals surface area (Å²) in [6.07, 6.45) is 3.11. The van der Waals surface area contributed by atoms with Gasteiger partial charge in [-0.25, -0.2) is 0 Å². The van der Waals surface area contributed by atoms with Gasteiger partial charge in [0.1, 0.15) is 11.8 Å². The van der Waals surface area contributed by atoms with E-state index in [1.54, 1.807) is 17.2 Å². The van der Waals surface area contributed by atoms with Crippen LogP contribution in [-0.2, 0) is 11.3 Å². The summed E-state index contributed by atoms with van der Waals surface area (Å²) in [5.74, 6) is 0.507. The van der Waals surface area contributed by atoms with Crippen LogP contribution in [0.2, 0.25) is 0 Å². The Labute approximate surface area is 135 Å². The molecule has 0 bridgehead atoms. The first-order valence-electron chi connectivity index (χ1n) is 7.83. The molecular formula is C18H20N2O3. The van der Waals surface area contributed by atoms with Crippen molar-refractivity contribution in [3.63, 3.8) is 0 Å². The molecule has 5 nitrogen and oxygen atoms in total. The lowest BCUT2D eigenvalue weighted by Crippen LogP contribution is -2.45. The summed E-state index contributed by atoms with van der Waals surface area (Å²) in [5.41, 5.74) is 1.59. The molecule has 1 N–H and O–H groups in total. The topological polar surface area (TPSA) is 62.6 Å². The number of rotatable bonds is 4. The van der Waals surface area contributed by atoms with E-state index >= 15 is 0 Å². The van der Waals surface area contributed by atoms with Gasteiger partial charge < -0.3 is 14.6 Å². The zero-order chi connectivity index (χ0) is 16.2. The van der Waals surface area contributed by atoms with E-state index in [-0.39, 0.29) is 11.8 Å². The van der Waals surface area contributed by atoms with E-state index in [1.165, 1.54) is 0 Å². The lowest BCUT2D eigenvalue weighted by molar-refractivity contribution is -0.125. The number of furan rings is 1. The molecule has 1 aromatic carbocycles. The van der Waals surface area contributed by atoms with Crippen LogP contribution in [0.25, 0.3) is 0 Å². The second-order valence-corrected chi connectivity index (χ2v) is 5.77. The lowest BCUT2D eigenvalue weighted by atomic mass is 10.1. The van der Waals surface area contributed by atoms with E-state index in [0.29, 0.717) is 30.8 Å². The molecule has 0 spiro atoms. The summed E-state index contributed by atoms with van der Waals surface area (Å²) in [5, 5.41) is 2.85. The third-order valence-corrected chi connectivity index (χ3v) is 4.21. The van der Waals surface area contributed by atoms with Crippen LogP contribution in [0.3, 0.4) is 0 Å². The Bertz CT molecular complexity index is 694. The smallest absolute Gasteiger partial charge is 0.254 e. The van der Waals surface area contributed by atoms with Crippen LogP contribution in [0.1, 0.15) is 34.5 Å². The second-order valence-electron chi connectivity index (χ2n) is 5.77. The average Bonchev–Trinajstić information content (AvgIpc) is 3.24. The zero-order valence-corrected chi connectivity index (χ0v) is 13.1. The predicted molar refractivity (Wildman–Crippen MR) is 85.8 cm³/mol. The Balaban J connectivity index is 1.68. The maximum atomic E-state index is 12.7. The third kappa shape index (κ3) is 3.28. The number of benzene rings is 1. The van der Waals surface area contributed by atoms with E-state index in [2.05, 4.69) is 5.32 Å². The van der Waals surface area contributed by atoms with Crippen molar-refractivity contribution in [2.75, 3.05) is 6.54 Å². The number of nitrogens with one attached hydrogen (secondary N) is 1. The summed E-state index contributed by atoms with van der Waals surface area (Å²) in [7, 11) is 0. The molecule has 0 aliphatic carbocycles. The fraction of sp³-hybridized carbons (Fsp3) is 0.333. The maximum absolute atomic E-state index is 12.7. The van der Waals surface area contributed by atoms with Crippen molar-refractivity contribution in [1.29, 1.82) is 0 Å². The number of amides is 2. The van der Waals surface area contributed by atoms with Gasteiger partial charge >= 0.3 is 0 Å². The molecule has 23 heavy (non-hydrogen) atoms. The van der Waals surface area contributed by atoms with Crippen LogP contribution in [0.5, 0.6) is 0 Å². The Morgan fingerprint density at radius 3 is 2.83 bits per heavy atom. The standard InChI is InChI=1S/C18H20N2O3/c1-13-6-2-3-8-15(13)18(22)20-10-4-9-16(20)17(21)19-12-14-7-5-11-23-14/h2-3,5-8,11,16H,4,9-10,12H2,1H3,(H,19,21). The van der Waals surface area contributed by atoms with Crippen molar-refractivity contribution in [2.24, 2.45) is 0 Å². The van der Waals surface area contributed by atoms with Gasteiger partial charge in [-0.1, -0.05) is 18.2 Å². The van der Waals surface area contributed by atoms with Gasteiger partial charge in [0.2, 0.25) is 5.91 Å². The van der Waals surface area contributed by atoms with Gasteiger partial charge in [0.25, 0.3) is 5.91 Å². The molecule has 1 unspecified atom stereocenters. The molecule has 1 atom stereocenters. The van der Waals surface area contributed by atoms with E-state index in [1.807, 2.05) is 37.3 Å². The van der Waals surface area contributed by atoms with E-state index in [4.69, 9.17) is 4.42 Å². The van der Waals surface area contributed by atoms with Gasteiger partial charge in [0, 0.05) is 12.1 Å². The summed E-state index contributed by atoms with van der Waals surface area (Å²) < 4.78 is 5.21.